The summed E-state index contributed by atoms with van der Waals surface area (Å²) in [6.07, 6.45) is 0. The largest absolute Gasteiger partial charge is 0.484 e. The number of likely N-dealkylation sites (N-methyl/N-ethyl adjacent to an activating group) is 1. The zero-order chi connectivity index (χ0) is 15.2. The molecule has 0 fully saturated rings. The Hall–Kier alpha value is -1.52. The summed E-state index contributed by atoms with van der Waals surface area (Å²) in [5, 5.41) is 0.640. The van der Waals surface area contributed by atoms with E-state index < -0.39 is 0 Å². The fourth-order valence-electron chi connectivity index (χ4n) is 1.74. The summed E-state index contributed by atoms with van der Waals surface area (Å²) in [6, 6.07) is 14.8. The number of ether oxygens (including phenoxy) is 1. The lowest BCUT2D eigenvalue weighted by atomic mass is 10.2. The fraction of sp³-hybridized carbons (Fsp3) is 0.188. The Labute approximate surface area is 137 Å². The topological polar surface area (TPSA) is 29.5 Å². The second kappa shape index (κ2) is 7.48. The third kappa shape index (κ3) is 5.06. The average molecular weight is 369 g/mol. The first-order valence-electron chi connectivity index (χ1n) is 6.41. The van der Waals surface area contributed by atoms with Crippen LogP contribution in [0.5, 0.6) is 5.75 Å². The number of nitrogens with zero attached hydrogens (tertiary/aromatic N) is 1. The van der Waals surface area contributed by atoms with Gasteiger partial charge in [-0.25, -0.2) is 0 Å². The van der Waals surface area contributed by atoms with Gasteiger partial charge in [-0.3, -0.25) is 4.79 Å². The van der Waals surface area contributed by atoms with Gasteiger partial charge in [0.15, 0.2) is 6.61 Å². The minimum Gasteiger partial charge on any atom is -0.484 e. The lowest BCUT2D eigenvalue weighted by molar-refractivity contribution is -0.132. The van der Waals surface area contributed by atoms with Gasteiger partial charge in [0.25, 0.3) is 5.91 Å². The summed E-state index contributed by atoms with van der Waals surface area (Å²) < 4.78 is 6.46. The van der Waals surface area contributed by atoms with E-state index in [9.17, 15) is 4.79 Å². The molecule has 2 aromatic rings. The van der Waals surface area contributed by atoms with Crippen molar-refractivity contribution >= 4 is 33.4 Å². The van der Waals surface area contributed by atoms with Crippen molar-refractivity contribution in [3.05, 3.63) is 63.6 Å². The van der Waals surface area contributed by atoms with Crippen LogP contribution in [0, 0.1) is 0 Å². The lowest BCUT2D eigenvalue weighted by Gasteiger charge is -2.17. The van der Waals surface area contributed by atoms with Crippen molar-refractivity contribution in [1.29, 1.82) is 0 Å². The van der Waals surface area contributed by atoms with Gasteiger partial charge in [0.2, 0.25) is 0 Å². The summed E-state index contributed by atoms with van der Waals surface area (Å²) >= 11 is 9.18. The van der Waals surface area contributed by atoms with Crippen LogP contribution in [0.15, 0.2) is 53.0 Å². The molecule has 21 heavy (non-hydrogen) atoms. The average Bonchev–Trinajstić information content (AvgIpc) is 2.48. The molecule has 3 nitrogen and oxygen atoms in total. The molecule has 2 aromatic carbocycles. The first-order chi connectivity index (χ1) is 10.0. The van der Waals surface area contributed by atoms with Gasteiger partial charge in [-0.15, -0.1) is 0 Å². The molecule has 0 spiro atoms. The van der Waals surface area contributed by atoms with Crippen molar-refractivity contribution in [3.63, 3.8) is 0 Å². The van der Waals surface area contributed by atoms with Crippen LogP contribution in [-0.4, -0.2) is 24.5 Å². The Bertz CT molecular complexity index is 599. The normalized spacial score (nSPS) is 10.2. The summed E-state index contributed by atoms with van der Waals surface area (Å²) in [4.78, 5) is 13.7. The van der Waals surface area contributed by atoms with Crippen LogP contribution in [0.25, 0.3) is 0 Å². The molecular weight excluding hydrogens is 354 g/mol. The minimum atomic E-state index is -0.0760. The highest BCUT2D eigenvalue weighted by molar-refractivity contribution is 9.10. The van der Waals surface area contributed by atoms with Crippen molar-refractivity contribution in [3.8, 4) is 5.75 Å². The molecule has 110 valence electrons. The van der Waals surface area contributed by atoms with E-state index in [1.807, 2.05) is 24.3 Å². The Morgan fingerprint density at radius 1 is 1.14 bits per heavy atom. The van der Waals surface area contributed by atoms with Gasteiger partial charge in [-0.2, -0.15) is 0 Å². The maximum absolute atomic E-state index is 12.0. The van der Waals surface area contributed by atoms with Gasteiger partial charge >= 0.3 is 0 Å². The Balaban J connectivity index is 1.84. The maximum atomic E-state index is 12.0. The van der Waals surface area contributed by atoms with Gasteiger partial charge in [-0.1, -0.05) is 39.7 Å². The van der Waals surface area contributed by atoms with E-state index in [1.54, 1.807) is 36.2 Å². The first kappa shape index (κ1) is 15.9. The third-order valence-electron chi connectivity index (χ3n) is 2.93. The molecule has 0 aliphatic heterocycles. The Morgan fingerprint density at radius 3 is 2.38 bits per heavy atom. The van der Waals surface area contributed by atoms with Crippen LogP contribution in [0.4, 0.5) is 0 Å². The van der Waals surface area contributed by atoms with E-state index in [0.717, 1.165) is 10.0 Å². The zero-order valence-corrected chi connectivity index (χ0v) is 13.9. The molecule has 1 amide bonds. The molecule has 2 rings (SSSR count). The number of carbonyl (C=O) groups excluding carboxylic acids is 1. The smallest absolute Gasteiger partial charge is 0.260 e. The second-order valence-electron chi connectivity index (χ2n) is 4.62. The van der Waals surface area contributed by atoms with Gasteiger partial charge in [0.05, 0.1) is 0 Å². The molecule has 0 bridgehead atoms. The van der Waals surface area contributed by atoms with Crippen molar-refractivity contribution in [2.45, 2.75) is 6.54 Å². The predicted octanol–water partition coefficient (Wildman–Crippen LogP) is 4.14. The first-order valence-corrected chi connectivity index (χ1v) is 7.58. The van der Waals surface area contributed by atoms with E-state index in [4.69, 9.17) is 16.3 Å². The highest BCUT2D eigenvalue weighted by Gasteiger charge is 2.10. The van der Waals surface area contributed by atoms with Gasteiger partial charge in [-0.05, 0) is 42.0 Å². The molecule has 0 atom stereocenters. The number of carbonyl (C=O) groups is 1. The molecule has 0 aliphatic rings. The molecule has 0 N–H and O–H groups in total. The Kier molecular flexibility index (Phi) is 5.65. The number of hydrogen-bond donors (Lipinski definition) is 0. The summed E-state index contributed by atoms with van der Waals surface area (Å²) in [6.45, 7) is 0.560. The SMILES string of the molecule is CN(Cc1ccc(Br)cc1)C(=O)COc1ccc(Cl)cc1. The highest BCUT2D eigenvalue weighted by Crippen LogP contribution is 2.16. The standard InChI is InChI=1S/C16H15BrClNO2/c1-19(10-12-2-4-13(17)5-3-12)16(20)11-21-15-8-6-14(18)7-9-15/h2-9H,10-11H2,1H3. The molecule has 0 saturated carbocycles. The molecule has 0 radical (unpaired) electrons. The lowest BCUT2D eigenvalue weighted by Crippen LogP contribution is -2.30. The van der Waals surface area contributed by atoms with Crippen molar-refractivity contribution < 1.29 is 9.53 Å². The quantitative estimate of drug-likeness (QED) is 0.794. The van der Waals surface area contributed by atoms with Crippen LogP contribution >= 0.6 is 27.5 Å². The van der Waals surface area contributed by atoms with E-state index >= 15 is 0 Å². The number of halogens is 2. The molecular formula is C16H15BrClNO2. The summed E-state index contributed by atoms with van der Waals surface area (Å²) in [7, 11) is 1.76. The highest BCUT2D eigenvalue weighted by atomic mass is 79.9. The molecule has 5 heteroatoms. The molecule has 0 aromatic heterocycles. The van der Waals surface area contributed by atoms with E-state index in [0.29, 0.717) is 17.3 Å². The Morgan fingerprint density at radius 2 is 1.76 bits per heavy atom. The van der Waals surface area contributed by atoms with Crippen molar-refractivity contribution in [2.75, 3.05) is 13.7 Å². The maximum Gasteiger partial charge on any atom is 0.260 e. The monoisotopic (exact) mass is 367 g/mol. The van der Waals surface area contributed by atoms with Gasteiger partial charge in [0.1, 0.15) is 5.75 Å². The second-order valence-corrected chi connectivity index (χ2v) is 5.97. The molecule has 0 unspecified atom stereocenters. The predicted molar refractivity (Wildman–Crippen MR) is 87.6 cm³/mol. The molecule has 0 saturated heterocycles. The minimum absolute atomic E-state index is 0.00859. The van der Waals surface area contributed by atoms with Crippen LogP contribution < -0.4 is 4.74 Å². The van der Waals surface area contributed by atoms with Gasteiger partial charge in [0, 0.05) is 23.1 Å². The third-order valence-corrected chi connectivity index (χ3v) is 3.72. The molecule has 0 aliphatic carbocycles. The number of rotatable bonds is 5. The van der Waals surface area contributed by atoms with Gasteiger partial charge < -0.3 is 9.64 Å². The van der Waals surface area contributed by atoms with Crippen molar-refractivity contribution in [2.24, 2.45) is 0 Å². The van der Waals surface area contributed by atoms with Crippen LogP contribution in [0.3, 0.4) is 0 Å². The number of amides is 1. The number of hydrogen-bond acceptors (Lipinski definition) is 2. The fourth-order valence-corrected chi connectivity index (χ4v) is 2.13. The molecule has 0 heterocycles. The number of benzene rings is 2. The summed E-state index contributed by atoms with van der Waals surface area (Å²) in [5.41, 5.74) is 1.07. The van der Waals surface area contributed by atoms with E-state index in [-0.39, 0.29) is 12.5 Å². The van der Waals surface area contributed by atoms with E-state index in [2.05, 4.69) is 15.9 Å². The van der Waals surface area contributed by atoms with Crippen molar-refractivity contribution in [1.82, 2.24) is 4.90 Å². The van der Waals surface area contributed by atoms with Crippen LogP contribution in [0.1, 0.15) is 5.56 Å². The van der Waals surface area contributed by atoms with E-state index in [1.165, 1.54) is 0 Å². The van der Waals surface area contributed by atoms with Crippen LogP contribution in [0.2, 0.25) is 5.02 Å². The van der Waals surface area contributed by atoms with Crippen LogP contribution in [-0.2, 0) is 11.3 Å². The summed E-state index contributed by atoms with van der Waals surface area (Å²) in [5.74, 6) is 0.553. The zero-order valence-electron chi connectivity index (χ0n) is 11.6.